The molecule has 0 saturated heterocycles. The summed E-state index contributed by atoms with van der Waals surface area (Å²) in [6, 6.07) is 2.21. The molecule has 0 bridgehead atoms. The number of aliphatic carboxylic acids is 1. The Bertz CT molecular complexity index is 672. The molecule has 1 rings (SSSR count). The van der Waals surface area contributed by atoms with Gasteiger partial charge in [0.2, 0.25) is 10.0 Å². The molecule has 0 amide bonds. The number of sulfonamides is 1. The van der Waals surface area contributed by atoms with Crippen LogP contribution >= 0.6 is 11.6 Å². The predicted molar refractivity (Wildman–Crippen MR) is 74.8 cm³/mol. The SMILES string of the molecule is COC(=O)c1ccc(S(=O)(=O)N(C)[C@@H](C)C(=O)O)cc1Cl. The van der Waals surface area contributed by atoms with Gasteiger partial charge in [0, 0.05) is 7.05 Å². The molecular weight excluding hydrogens is 322 g/mol. The van der Waals surface area contributed by atoms with Gasteiger partial charge in [0.05, 0.1) is 22.6 Å². The molecule has 0 aromatic heterocycles. The molecule has 0 aliphatic heterocycles. The molecule has 1 N–H and O–H groups in total. The molecule has 7 nitrogen and oxygen atoms in total. The van der Waals surface area contributed by atoms with Crippen molar-refractivity contribution in [2.24, 2.45) is 0 Å². The van der Waals surface area contributed by atoms with E-state index in [-0.39, 0.29) is 15.5 Å². The monoisotopic (exact) mass is 335 g/mol. The highest BCUT2D eigenvalue weighted by molar-refractivity contribution is 7.89. The molecule has 0 spiro atoms. The van der Waals surface area contributed by atoms with Crippen LogP contribution in [-0.2, 0) is 19.6 Å². The highest BCUT2D eigenvalue weighted by atomic mass is 35.5. The number of hydrogen-bond donors (Lipinski definition) is 1. The highest BCUT2D eigenvalue weighted by Gasteiger charge is 2.30. The summed E-state index contributed by atoms with van der Waals surface area (Å²) in [5, 5.41) is 8.77. The summed E-state index contributed by atoms with van der Waals surface area (Å²) in [5.41, 5.74) is 0.0204. The Hall–Kier alpha value is -1.64. The number of rotatable bonds is 5. The first-order chi connectivity index (χ1) is 9.62. The molecule has 0 heterocycles. The number of hydrogen-bond acceptors (Lipinski definition) is 5. The highest BCUT2D eigenvalue weighted by Crippen LogP contribution is 2.24. The summed E-state index contributed by atoms with van der Waals surface area (Å²) in [5.74, 6) is -1.98. The number of halogens is 1. The first-order valence-corrected chi connectivity index (χ1v) is 7.53. The summed E-state index contributed by atoms with van der Waals surface area (Å²) in [6.07, 6.45) is 0. The zero-order valence-corrected chi connectivity index (χ0v) is 13.1. The Morgan fingerprint density at radius 1 is 1.38 bits per heavy atom. The molecule has 1 aromatic rings. The minimum Gasteiger partial charge on any atom is -0.480 e. The van der Waals surface area contributed by atoms with Crippen molar-refractivity contribution < 1.29 is 27.9 Å². The van der Waals surface area contributed by atoms with Crippen molar-refractivity contribution in [2.45, 2.75) is 17.9 Å². The number of methoxy groups -OCH3 is 1. The van der Waals surface area contributed by atoms with E-state index in [4.69, 9.17) is 16.7 Å². The second-order valence-electron chi connectivity index (χ2n) is 4.17. The minimum atomic E-state index is -4.04. The molecule has 0 aliphatic carbocycles. The fourth-order valence-corrected chi connectivity index (χ4v) is 3.13. The second kappa shape index (κ2) is 6.42. The number of likely N-dealkylation sites (N-methyl/N-ethyl adjacent to an activating group) is 1. The smallest absolute Gasteiger partial charge is 0.339 e. The third-order valence-electron chi connectivity index (χ3n) is 2.93. The summed E-state index contributed by atoms with van der Waals surface area (Å²) in [4.78, 5) is 22.0. The van der Waals surface area contributed by atoms with E-state index < -0.39 is 28.0 Å². The third-order valence-corrected chi connectivity index (χ3v) is 5.16. The van der Waals surface area contributed by atoms with Crippen molar-refractivity contribution in [1.82, 2.24) is 4.31 Å². The van der Waals surface area contributed by atoms with Crippen LogP contribution in [0.5, 0.6) is 0 Å². The molecule has 9 heteroatoms. The molecule has 0 fully saturated rings. The van der Waals surface area contributed by atoms with E-state index in [9.17, 15) is 18.0 Å². The van der Waals surface area contributed by atoms with E-state index in [1.54, 1.807) is 0 Å². The number of benzene rings is 1. The number of carbonyl (C=O) groups excluding carboxylic acids is 1. The molecule has 116 valence electrons. The van der Waals surface area contributed by atoms with Crippen LogP contribution in [0.25, 0.3) is 0 Å². The number of nitrogens with zero attached hydrogens (tertiary/aromatic N) is 1. The number of ether oxygens (including phenoxy) is 1. The maximum absolute atomic E-state index is 12.3. The molecule has 0 unspecified atom stereocenters. The van der Waals surface area contributed by atoms with Crippen molar-refractivity contribution in [3.8, 4) is 0 Å². The lowest BCUT2D eigenvalue weighted by Crippen LogP contribution is -2.40. The van der Waals surface area contributed by atoms with Gasteiger partial charge < -0.3 is 9.84 Å². The van der Waals surface area contributed by atoms with E-state index in [1.165, 1.54) is 26.2 Å². The fourth-order valence-electron chi connectivity index (χ4n) is 1.46. The number of esters is 1. The summed E-state index contributed by atoms with van der Waals surface area (Å²) in [7, 11) is -1.72. The maximum Gasteiger partial charge on any atom is 0.339 e. The lowest BCUT2D eigenvalue weighted by Gasteiger charge is -2.21. The number of carboxylic acids is 1. The van der Waals surface area contributed by atoms with Gasteiger partial charge in [-0.3, -0.25) is 4.79 Å². The van der Waals surface area contributed by atoms with Gasteiger partial charge in [-0.15, -0.1) is 0 Å². The molecule has 0 aliphatic rings. The van der Waals surface area contributed by atoms with Crippen LogP contribution in [0.15, 0.2) is 23.1 Å². The van der Waals surface area contributed by atoms with Crippen molar-refractivity contribution in [1.29, 1.82) is 0 Å². The van der Waals surface area contributed by atoms with Gasteiger partial charge in [-0.05, 0) is 25.1 Å². The van der Waals surface area contributed by atoms with Crippen LogP contribution in [0.1, 0.15) is 17.3 Å². The van der Waals surface area contributed by atoms with E-state index in [1.807, 2.05) is 0 Å². The van der Waals surface area contributed by atoms with Gasteiger partial charge in [0.15, 0.2) is 0 Å². The van der Waals surface area contributed by atoms with Gasteiger partial charge >= 0.3 is 11.9 Å². The average Bonchev–Trinajstić information content (AvgIpc) is 2.44. The average molecular weight is 336 g/mol. The van der Waals surface area contributed by atoms with Crippen molar-refractivity contribution in [3.05, 3.63) is 28.8 Å². The molecule has 21 heavy (non-hydrogen) atoms. The van der Waals surface area contributed by atoms with Crippen LogP contribution in [0.4, 0.5) is 0 Å². The molecular formula is C12H14ClNO6S. The van der Waals surface area contributed by atoms with Crippen molar-refractivity contribution in [2.75, 3.05) is 14.2 Å². The lowest BCUT2D eigenvalue weighted by molar-refractivity contribution is -0.140. The normalized spacial score (nSPS) is 13.0. The lowest BCUT2D eigenvalue weighted by atomic mass is 10.2. The van der Waals surface area contributed by atoms with Crippen LogP contribution < -0.4 is 0 Å². The summed E-state index contributed by atoms with van der Waals surface area (Å²) < 4.78 is 29.7. The van der Waals surface area contributed by atoms with Crippen LogP contribution in [0.2, 0.25) is 5.02 Å². The van der Waals surface area contributed by atoms with E-state index in [0.29, 0.717) is 4.31 Å². The van der Waals surface area contributed by atoms with Crippen LogP contribution in [0, 0.1) is 0 Å². The Kier molecular flexibility index (Phi) is 5.32. The standard InChI is InChI=1S/C12H14ClNO6S/c1-7(11(15)16)14(2)21(18,19)8-4-5-9(10(13)6-8)12(17)20-3/h4-7H,1-3H3,(H,15,16)/t7-/m0/s1. The third kappa shape index (κ3) is 3.52. The first kappa shape index (κ1) is 17.4. The largest absolute Gasteiger partial charge is 0.480 e. The molecule has 0 saturated carbocycles. The Labute approximate surface area is 127 Å². The number of carboxylic acid groups (broad SMARTS) is 1. The summed E-state index contributed by atoms with van der Waals surface area (Å²) in [6.45, 7) is 1.24. The van der Waals surface area contributed by atoms with Gasteiger partial charge in [-0.1, -0.05) is 11.6 Å². The van der Waals surface area contributed by atoms with Crippen molar-refractivity contribution >= 4 is 33.6 Å². The second-order valence-corrected chi connectivity index (χ2v) is 6.57. The van der Waals surface area contributed by atoms with Crippen LogP contribution in [0.3, 0.4) is 0 Å². The first-order valence-electron chi connectivity index (χ1n) is 5.71. The maximum atomic E-state index is 12.3. The zero-order valence-electron chi connectivity index (χ0n) is 11.5. The van der Waals surface area contributed by atoms with Gasteiger partial charge in [-0.25, -0.2) is 13.2 Å². The topological polar surface area (TPSA) is 101 Å². The summed E-state index contributed by atoms with van der Waals surface area (Å²) >= 11 is 5.86. The molecule has 0 radical (unpaired) electrons. The van der Waals surface area contributed by atoms with Crippen LogP contribution in [-0.4, -0.2) is 50.0 Å². The minimum absolute atomic E-state index is 0.0204. The number of carbonyl (C=O) groups is 2. The van der Waals surface area contributed by atoms with Gasteiger partial charge in [0.1, 0.15) is 6.04 Å². The Morgan fingerprint density at radius 3 is 2.38 bits per heavy atom. The van der Waals surface area contributed by atoms with Gasteiger partial charge in [-0.2, -0.15) is 4.31 Å². The Balaban J connectivity index is 3.25. The Morgan fingerprint density at radius 2 is 1.95 bits per heavy atom. The van der Waals surface area contributed by atoms with E-state index in [2.05, 4.69) is 4.74 Å². The quantitative estimate of drug-likeness (QED) is 0.812. The van der Waals surface area contributed by atoms with Crippen molar-refractivity contribution in [3.63, 3.8) is 0 Å². The molecule has 1 atom stereocenters. The predicted octanol–water partition coefficient (Wildman–Crippen LogP) is 1.22. The zero-order chi connectivity index (χ0) is 16.4. The van der Waals surface area contributed by atoms with E-state index in [0.717, 1.165) is 13.1 Å². The van der Waals surface area contributed by atoms with E-state index >= 15 is 0 Å². The fraction of sp³-hybridized carbons (Fsp3) is 0.333. The molecule has 1 aromatic carbocycles. The van der Waals surface area contributed by atoms with Gasteiger partial charge in [0.25, 0.3) is 0 Å².